The van der Waals surface area contributed by atoms with Gasteiger partial charge in [0.25, 0.3) is 0 Å². The number of fused-ring (bicyclic) bond motifs is 4. The molecule has 12 nitrogen and oxygen atoms in total. The number of para-hydroxylation sites is 2. The van der Waals surface area contributed by atoms with E-state index in [9.17, 15) is 19.5 Å². The van der Waals surface area contributed by atoms with Crippen LogP contribution in [0.4, 0.5) is 11.4 Å². The van der Waals surface area contributed by atoms with Crippen molar-refractivity contribution in [2.45, 2.75) is 49.2 Å². The van der Waals surface area contributed by atoms with Crippen LogP contribution in [0.3, 0.4) is 0 Å². The number of nitrogens with zero attached hydrogens (tertiary/aromatic N) is 2. The number of aryl methyl sites for hydroxylation is 1. The highest BCUT2D eigenvalue weighted by Crippen LogP contribution is 2.48. The van der Waals surface area contributed by atoms with Crippen LogP contribution in [0, 0.1) is 12.8 Å². The number of carbonyl (C=O) groups is 2. The van der Waals surface area contributed by atoms with Crippen molar-refractivity contribution in [1.29, 1.82) is 0 Å². The van der Waals surface area contributed by atoms with E-state index in [0.29, 0.717) is 41.6 Å². The van der Waals surface area contributed by atoms with Gasteiger partial charge >= 0.3 is 11.9 Å². The Morgan fingerprint density at radius 3 is 2.04 bits per heavy atom. The molecule has 0 spiro atoms. The highest BCUT2D eigenvalue weighted by molar-refractivity contribution is 7.99. The van der Waals surface area contributed by atoms with Gasteiger partial charge < -0.3 is 44.5 Å². The Morgan fingerprint density at radius 1 is 0.940 bits per heavy atom. The summed E-state index contributed by atoms with van der Waals surface area (Å²) in [5.41, 5.74) is 4.54. The summed E-state index contributed by atoms with van der Waals surface area (Å²) in [6, 6.07) is 20.5. The van der Waals surface area contributed by atoms with E-state index in [-0.39, 0.29) is 16.6 Å². The third kappa shape index (κ3) is 9.24. The molecule has 0 bridgehead atoms. The molecule has 0 amide bonds. The lowest BCUT2D eigenvalue weighted by Gasteiger charge is -2.35. The van der Waals surface area contributed by atoms with E-state index in [4.69, 9.17) is 29.6 Å². The van der Waals surface area contributed by atoms with E-state index in [0.717, 1.165) is 18.7 Å². The maximum absolute atomic E-state index is 12.0. The zero-order valence-electron chi connectivity index (χ0n) is 28.5. The average Bonchev–Trinajstić information content (AvgIpc) is 3.25. The van der Waals surface area contributed by atoms with Gasteiger partial charge in [-0.1, -0.05) is 49.0 Å². The second-order valence-corrected chi connectivity index (χ2v) is 13.5. The summed E-state index contributed by atoms with van der Waals surface area (Å²) in [4.78, 5) is 39.0. The molecule has 0 radical (unpaired) electrons. The minimum absolute atomic E-state index is 0.0350. The van der Waals surface area contributed by atoms with Crippen molar-refractivity contribution in [2.75, 3.05) is 38.7 Å². The van der Waals surface area contributed by atoms with Crippen molar-refractivity contribution < 1.29 is 44.3 Å². The van der Waals surface area contributed by atoms with Crippen molar-refractivity contribution in [2.24, 2.45) is 5.92 Å². The highest BCUT2D eigenvalue weighted by atomic mass is 32.2. The zero-order chi connectivity index (χ0) is 36.7. The number of carboxylic acid groups (broad SMARTS) is 2. The number of phenolic OH excluding ortho intramolecular Hbond substituents is 1. The van der Waals surface area contributed by atoms with Gasteiger partial charge in [-0.3, -0.25) is 4.79 Å². The molecule has 5 N–H and O–H groups in total. The minimum Gasteiger partial charge on any atom is -0.507 e. The molecule has 2 aliphatic rings. The first-order chi connectivity index (χ1) is 23.7. The molecule has 4 aromatic rings. The Morgan fingerprint density at radius 2 is 1.50 bits per heavy atom. The average molecular weight is 707 g/mol. The molecule has 3 heterocycles. The summed E-state index contributed by atoms with van der Waals surface area (Å²) in [6.45, 7) is 8.63. The van der Waals surface area contributed by atoms with Crippen LogP contribution in [-0.2, 0) is 16.0 Å². The molecule has 0 saturated carbocycles. The first-order valence-electron chi connectivity index (χ1n) is 15.9. The molecule has 1 aromatic heterocycles. The molecule has 3 unspecified atom stereocenters. The van der Waals surface area contributed by atoms with E-state index in [1.165, 1.54) is 27.2 Å². The number of carboxylic acids is 2. The van der Waals surface area contributed by atoms with Crippen molar-refractivity contribution in [1.82, 2.24) is 4.90 Å². The number of anilines is 2. The second-order valence-electron chi connectivity index (χ2n) is 12.4. The van der Waals surface area contributed by atoms with Gasteiger partial charge in [-0.05, 0) is 70.1 Å². The molecule has 13 heteroatoms. The summed E-state index contributed by atoms with van der Waals surface area (Å²) >= 11 is 1.88. The SMILES string of the molecule is CC(CN(C)C)CN1c2ccccc2Sc2ccccc21.CC1=CCc2c(cc3oc(C)cc(=O)c3c2O)OC1.O=C(O)C(O)C(O)C(=O)O. The van der Waals surface area contributed by atoms with E-state index >= 15 is 0 Å². The Hall–Kier alpha value is -4.82. The summed E-state index contributed by atoms with van der Waals surface area (Å²) in [5, 5.41) is 43.1. The molecule has 2 aliphatic heterocycles. The zero-order valence-corrected chi connectivity index (χ0v) is 29.3. The van der Waals surface area contributed by atoms with E-state index in [1.54, 1.807) is 13.0 Å². The lowest BCUT2D eigenvalue weighted by molar-refractivity contribution is -0.165. The van der Waals surface area contributed by atoms with Gasteiger partial charge in [0, 0.05) is 40.6 Å². The van der Waals surface area contributed by atoms with Crippen LogP contribution in [0.25, 0.3) is 11.0 Å². The number of aliphatic hydroxyl groups excluding tert-OH is 2. The number of hydrogen-bond donors (Lipinski definition) is 5. The van der Waals surface area contributed by atoms with Crippen LogP contribution in [0.15, 0.2) is 91.3 Å². The Balaban J connectivity index is 0.000000180. The molecule has 0 fully saturated rings. The highest BCUT2D eigenvalue weighted by Gasteiger charge is 2.29. The largest absolute Gasteiger partial charge is 0.507 e. The minimum atomic E-state index is -2.27. The summed E-state index contributed by atoms with van der Waals surface area (Å²) < 4.78 is 11.1. The smallest absolute Gasteiger partial charge is 0.335 e. The van der Waals surface area contributed by atoms with E-state index < -0.39 is 24.1 Å². The summed E-state index contributed by atoms with van der Waals surface area (Å²) in [5.74, 6) is -1.87. The summed E-state index contributed by atoms with van der Waals surface area (Å²) in [7, 11) is 4.29. The molecule has 0 saturated heterocycles. The van der Waals surface area contributed by atoms with Crippen LogP contribution >= 0.6 is 11.8 Å². The van der Waals surface area contributed by atoms with Gasteiger partial charge in [0.15, 0.2) is 17.6 Å². The van der Waals surface area contributed by atoms with Crippen LogP contribution in [0.1, 0.15) is 25.2 Å². The van der Waals surface area contributed by atoms with Crippen molar-refractivity contribution >= 4 is 46.0 Å². The lowest BCUT2D eigenvalue weighted by Crippen LogP contribution is -2.39. The normalized spacial score (nSPS) is 14.9. The molecular weight excluding hydrogens is 664 g/mol. The first-order valence-corrected chi connectivity index (χ1v) is 16.7. The maximum Gasteiger partial charge on any atom is 0.335 e. The number of ether oxygens (including phenoxy) is 1. The van der Waals surface area contributed by atoms with Crippen LogP contribution in [0.5, 0.6) is 11.5 Å². The van der Waals surface area contributed by atoms with Crippen molar-refractivity contribution in [3.05, 3.63) is 93.9 Å². The third-order valence-electron chi connectivity index (χ3n) is 7.80. The first kappa shape index (κ1) is 38.0. The monoisotopic (exact) mass is 706 g/mol. The molecule has 3 atom stereocenters. The lowest BCUT2D eigenvalue weighted by atomic mass is 10.0. The molecule has 50 heavy (non-hydrogen) atoms. The van der Waals surface area contributed by atoms with Crippen molar-refractivity contribution in [3.63, 3.8) is 0 Å². The molecule has 6 rings (SSSR count). The topological polar surface area (TPSA) is 181 Å². The molecule has 266 valence electrons. The number of allylic oxidation sites excluding steroid dienone is 1. The van der Waals surface area contributed by atoms with Crippen LogP contribution in [-0.4, -0.2) is 88.4 Å². The maximum atomic E-state index is 12.0. The van der Waals surface area contributed by atoms with Gasteiger partial charge in [0.2, 0.25) is 0 Å². The summed E-state index contributed by atoms with van der Waals surface area (Å²) in [6.07, 6.45) is -1.99. The Bertz CT molecular complexity index is 1880. The number of hydrogen-bond acceptors (Lipinski definition) is 11. The van der Waals surface area contributed by atoms with Gasteiger partial charge in [-0.25, -0.2) is 9.59 Å². The fraction of sp³-hybridized carbons (Fsp3) is 0.324. The number of benzene rings is 3. The Kier molecular flexibility index (Phi) is 12.7. The molecule has 0 aliphatic carbocycles. The van der Waals surface area contributed by atoms with Crippen LogP contribution in [0.2, 0.25) is 0 Å². The Labute approximate surface area is 293 Å². The van der Waals surface area contributed by atoms with Gasteiger partial charge in [0.05, 0.1) is 11.4 Å². The fourth-order valence-electron chi connectivity index (χ4n) is 5.53. The number of aromatic hydroxyl groups is 1. The molecular formula is C37H42N2O10S. The van der Waals surface area contributed by atoms with Gasteiger partial charge in [-0.15, -0.1) is 0 Å². The van der Waals surface area contributed by atoms with Crippen LogP contribution < -0.4 is 15.1 Å². The number of phenols is 1. The van der Waals surface area contributed by atoms with E-state index in [1.807, 2.05) is 24.8 Å². The van der Waals surface area contributed by atoms with Gasteiger partial charge in [0.1, 0.15) is 34.8 Å². The standard InChI is InChI=1S/C18H22N2S.C15H14O4.C4H6O6/c1-14(12-19(2)3)13-20-15-8-4-6-10-17(15)21-18-11-7-5-9-16(18)20;1-8-3-4-10-12(18-7-8)6-13-14(15(10)17)11(16)5-9(2)19-13;5-1(3(7)8)2(6)4(9)10/h4-11,14H,12-13H2,1-3H3;3,5-6,17H,4,7H2,1-2H3;1-2,5-6H,(H,7,8)(H,9,10). The van der Waals surface area contributed by atoms with E-state index in [2.05, 4.69) is 79.3 Å². The third-order valence-corrected chi connectivity index (χ3v) is 8.93. The molecule has 3 aromatic carbocycles. The van der Waals surface area contributed by atoms with Gasteiger partial charge in [-0.2, -0.15) is 0 Å². The predicted molar refractivity (Wildman–Crippen MR) is 191 cm³/mol. The number of rotatable bonds is 7. The predicted octanol–water partition coefficient (Wildman–Crippen LogP) is 5.05. The van der Waals surface area contributed by atoms with Crippen molar-refractivity contribution in [3.8, 4) is 11.5 Å². The second kappa shape index (κ2) is 16.7. The number of aliphatic carboxylic acids is 2. The number of aliphatic hydroxyl groups is 2. The quantitative estimate of drug-likeness (QED) is 0.161. The fourth-order valence-corrected chi connectivity index (χ4v) is 6.63.